The van der Waals surface area contributed by atoms with Crippen LogP contribution in [0.3, 0.4) is 0 Å². The molecule has 6 heteroatoms. The number of phenols is 1. The fourth-order valence-corrected chi connectivity index (χ4v) is 3.12. The van der Waals surface area contributed by atoms with Crippen LogP contribution in [0.1, 0.15) is 24.4 Å². The molecule has 0 unspecified atom stereocenters. The Morgan fingerprint density at radius 1 is 1.12 bits per heavy atom. The molecule has 2 aromatic rings. The second-order valence-electron chi connectivity index (χ2n) is 6.21. The summed E-state index contributed by atoms with van der Waals surface area (Å²) in [6, 6.07) is 12.8. The number of halogens is 1. The van der Waals surface area contributed by atoms with Crippen molar-refractivity contribution in [1.29, 1.82) is 0 Å². The first-order valence-corrected chi connectivity index (χ1v) is 8.31. The van der Waals surface area contributed by atoms with Crippen LogP contribution >= 0.6 is 0 Å². The van der Waals surface area contributed by atoms with Gasteiger partial charge in [-0.2, -0.15) is 0 Å². The molecule has 1 atom stereocenters. The standard InChI is InChI=1S/C19H21FN2O3/c20-17-15(7-4-8-16(17)24)21-19(25)18(13-5-2-1-3-6-13)22-11-9-14(23)10-12-22/h1-8,14,18,23-24H,9-12H2,(H,21,25)/t18-/m0/s1. The minimum absolute atomic E-state index is 0.0528. The second kappa shape index (κ2) is 7.63. The number of nitrogens with zero attached hydrogens (tertiary/aromatic N) is 1. The summed E-state index contributed by atoms with van der Waals surface area (Å²) in [6.07, 6.45) is 0.841. The van der Waals surface area contributed by atoms with Gasteiger partial charge in [-0.1, -0.05) is 36.4 Å². The Hall–Kier alpha value is -2.44. The Kier molecular flexibility index (Phi) is 5.31. The molecule has 0 aliphatic carbocycles. The number of hydrogen-bond acceptors (Lipinski definition) is 4. The second-order valence-corrected chi connectivity index (χ2v) is 6.21. The first kappa shape index (κ1) is 17.4. The smallest absolute Gasteiger partial charge is 0.246 e. The van der Waals surface area contributed by atoms with Gasteiger partial charge in [0.05, 0.1) is 11.8 Å². The number of phenolic OH excluding ortho intramolecular Hbond substituents is 1. The van der Waals surface area contributed by atoms with E-state index in [1.807, 2.05) is 35.2 Å². The molecule has 5 nitrogen and oxygen atoms in total. The van der Waals surface area contributed by atoms with E-state index in [0.717, 1.165) is 5.56 Å². The van der Waals surface area contributed by atoms with Crippen molar-refractivity contribution in [1.82, 2.24) is 4.90 Å². The summed E-state index contributed by atoms with van der Waals surface area (Å²) in [7, 11) is 0. The third-order valence-corrected chi connectivity index (χ3v) is 4.46. The Labute approximate surface area is 145 Å². The number of aromatic hydroxyl groups is 1. The van der Waals surface area contributed by atoms with E-state index in [4.69, 9.17) is 0 Å². The minimum atomic E-state index is -0.850. The van der Waals surface area contributed by atoms with Crippen LogP contribution in [0.4, 0.5) is 10.1 Å². The summed E-state index contributed by atoms with van der Waals surface area (Å²) >= 11 is 0. The Morgan fingerprint density at radius 3 is 2.48 bits per heavy atom. The molecule has 0 radical (unpaired) electrons. The lowest BCUT2D eigenvalue weighted by molar-refractivity contribution is -0.122. The molecule has 1 aliphatic rings. The molecule has 2 aromatic carbocycles. The lowest BCUT2D eigenvalue weighted by Gasteiger charge is -2.35. The van der Waals surface area contributed by atoms with Gasteiger partial charge in [-0.05, 0) is 30.5 Å². The molecule has 3 N–H and O–H groups in total. The van der Waals surface area contributed by atoms with Gasteiger partial charge in [0.25, 0.3) is 0 Å². The molecular formula is C19H21FN2O3. The van der Waals surface area contributed by atoms with Gasteiger partial charge in [0.2, 0.25) is 5.91 Å². The molecule has 1 saturated heterocycles. The number of likely N-dealkylation sites (tertiary alicyclic amines) is 1. The van der Waals surface area contributed by atoms with Crippen molar-refractivity contribution in [2.24, 2.45) is 0 Å². The molecule has 132 valence electrons. The highest BCUT2D eigenvalue weighted by atomic mass is 19.1. The predicted molar refractivity (Wildman–Crippen MR) is 92.7 cm³/mol. The van der Waals surface area contributed by atoms with Crippen molar-refractivity contribution >= 4 is 11.6 Å². The van der Waals surface area contributed by atoms with E-state index in [-0.39, 0.29) is 17.7 Å². The van der Waals surface area contributed by atoms with Crippen LogP contribution in [0.25, 0.3) is 0 Å². The van der Waals surface area contributed by atoms with Crippen molar-refractivity contribution in [3.05, 3.63) is 59.9 Å². The maximum atomic E-state index is 14.0. The third-order valence-electron chi connectivity index (χ3n) is 4.46. The highest BCUT2D eigenvalue weighted by Gasteiger charge is 2.31. The fourth-order valence-electron chi connectivity index (χ4n) is 3.12. The Balaban J connectivity index is 1.86. The van der Waals surface area contributed by atoms with Crippen LogP contribution in [-0.4, -0.2) is 40.2 Å². The molecular weight excluding hydrogens is 323 g/mol. The molecule has 1 aliphatic heterocycles. The van der Waals surface area contributed by atoms with Crippen molar-refractivity contribution in [2.45, 2.75) is 25.0 Å². The van der Waals surface area contributed by atoms with Crippen LogP contribution in [0, 0.1) is 5.82 Å². The van der Waals surface area contributed by atoms with Crippen molar-refractivity contribution in [2.75, 3.05) is 18.4 Å². The Bertz CT molecular complexity index is 731. The molecule has 0 spiro atoms. The van der Waals surface area contributed by atoms with Gasteiger partial charge in [0.15, 0.2) is 11.6 Å². The lowest BCUT2D eigenvalue weighted by Crippen LogP contribution is -2.43. The molecule has 3 rings (SSSR count). The van der Waals surface area contributed by atoms with E-state index >= 15 is 0 Å². The first-order valence-electron chi connectivity index (χ1n) is 8.31. The van der Waals surface area contributed by atoms with Gasteiger partial charge >= 0.3 is 0 Å². The number of nitrogens with one attached hydrogen (secondary N) is 1. The number of carbonyl (C=O) groups is 1. The number of benzene rings is 2. The maximum Gasteiger partial charge on any atom is 0.246 e. The summed E-state index contributed by atoms with van der Waals surface area (Å²) in [5.74, 6) is -1.72. The maximum absolute atomic E-state index is 14.0. The number of amides is 1. The summed E-state index contributed by atoms with van der Waals surface area (Å²) in [4.78, 5) is 14.9. The van der Waals surface area contributed by atoms with Crippen molar-refractivity contribution < 1.29 is 19.4 Å². The number of piperidine rings is 1. The van der Waals surface area contributed by atoms with Crippen LogP contribution in [-0.2, 0) is 4.79 Å². The number of hydrogen-bond donors (Lipinski definition) is 3. The average molecular weight is 344 g/mol. The molecule has 0 saturated carbocycles. The van der Waals surface area contributed by atoms with Gasteiger partial charge in [0.1, 0.15) is 6.04 Å². The topological polar surface area (TPSA) is 72.8 Å². The predicted octanol–water partition coefficient (Wildman–Crippen LogP) is 2.67. The largest absolute Gasteiger partial charge is 0.505 e. The lowest BCUT2D eigenvalue weighted by atomic mass is 9.99. The normalized spacial score (nSPS) is 17.2. The molecule has 25 heavy (non-hydrogen) atoms. The van der Waals surface area contributed by atoms with Gasteiger partial charge in [-0.3, -0.25) is 9.69 Å². The zero-order chi connectivity index (χ0) is 17.8. The number of aliphatic hydroxyl groups excluding tert-OH is 1. The molecule has 1 amide bonds. The highest BCUT2D eigenvalue weighted by molar-refractivity contribution is 5.95. The molecule has 1 fully saturated rings. The fraction of sp³-hybridized carbons (Fsp3) is 0.316. The first-order chi connectivity index (χ1) is 12.1. The van der Waals surface area contributed by atoms with E-state index in [1.54, 1.807) is 0 Å². The molecule has 0 aromatic heterocycles. The van der Waals surface area contributed by atoms with E-state index in [0.29, 0.717) is 25.9 Å². The van der Waals surface area contributed by atoms with E-state index in [9.17, 15) is 19.4 Å². The number of anilines is 1. The van der Waals surface area contributed by atoms with Crippen molar-refractivity contribution in [3.63, 3.8) is 0 Å². The quantitative estimate of drug-likeness (QED) is 0.797. The van der Waals surface area contributed by atoms with Crippen LogP contribution in [0.15, 0.2) is 48.5 Å². The van der Waals surface area contributed by atoms with Crippen LogP contribution in [0.5, 0.6) is 5.75 Å². The average Bonchev–Trinajstić information content (AvgIpc) is 2.62. The highest BCUT2D eigenvalue weighted by Crippen LogP contribution is 2.28. The SMILES string of the molecule is O=C(Nc1cccc(O)c1F)[C@H](c1ccccc1)N1CCC(O)CC1. The van der Waals surface area contributed by atoms with Gasteiger partial charge < -0.3 is 15.5 Å². The van der Waals surface area contributed by atoms with Gasteiger partial charge in [-0.15, -0.1) is 0 Å². The molecule has 0 bridgehead atoms. The third kappa shape index (κ3) is 3.97. The van der Waals surface area contributed by atoms with E-state index in [1.165, 1.54) is 18.2 Å². The summed E-state index contributed by atoms with van der Waals surface area (Å²) in [5.41, 5.74) is 0.750. The monoisotopic (exact) mass is 344 g/mol. The van der Waals surface area contributed by atoms with Crippen LogP contribution < -0.4 is 5.32 Å². The Morgan fingerprint density at radius 2 is 1.80 bits per heavy atom. The number of rotatable bonds is 4. The zero-order valence-corrected chi connectivity index (χ0v) is 13.7. The number of aliphatic hydroxyl groups is 1. The van der Waals surface area contributed by atoms with Crippen molar-refractivity contribution in [3.8, 4) is 5.75 Å². The summed E-state index contributed by atoms with van der Waals surface area (Å²) in [5, 5.41) is 21.8. The zero-order valence-electron chi connectivity index (χ0n) is 13.7. The molecule has 1 heterocycles. The van der Waals surface area contributed by atoms with E-state index in [2.05, 4.69) is 5.32 Å². The van der Waals surface area contributed by atoms with Gasteiger partial charge in [0, 0.05) is 13.1 Å². The van der Waals surface area contributed by atoms with E-state index < -0.39 is 17.6 Å². The number of carbonyl (C=O) groups excluding carboxylic acids is 1. The summed E-state index contributed by atoms with van der Waals surface area (Å²) in [6.45, 7) is 1.16. The van der Waals surface area contributed by atoms with Crippen LogP contribution in [0.2, 0.25) is 0 Å². The minimum Gasteiger partial charge on any atom is -0.505 e. The van der Waals surface area contributed by atoms with Gasteiger partial charge in [-0.25, -0.2) is 4.39 Å². The summed E-state index contributed by atoms with van der Waals surface area (Å²) < 4.78 is 14.0.